The summed E-state index contributed by atoms with van der Waals surface area (Å²) < 4.78 is 1.04. The largest absolute Gasteiger partial charge is 0.390 e. The lowest BCUT2D eigenvalue weighted by Crippen LogP contribution is -2.42. The van der Waals surface area contributed by atoms with Crippen LogP contribution in [0.3, 0.4) is 0 Å². The number of carbonyl (C=O) groups excluding carboxylic acids is 1. The van der Waals surface area contributed by atoms with Crippen LogP contribution < -0.4 is 21.3 Å². The molecule has 1 aliphatic heterocycles. The summed E-state index contributed by atoms with van der Waals surface area (Å²) in [5, 5.41) is 25.6. The molecule has 0 spiro atoms. The molecule has 3 heterocycles. The molecule has 1 aromatic carbocycles. The molecule has 2 aliphatic rings. The van der Waals surface area contributed by atoms with Crippen LogP contribution >= 0.6 is 11.3 Å². The maximum absolute atomic E-state index is 12.6. The van der Waals surface area contributed by atoms with Crippen LogP contribution in [-0.2, 0) is 0 Å². The molecule has 1 saturated carbocycles. The highest BCUT2D eigenvalue weighted by Crippen LogP contribution is 2.33. The molecule has 0 unspecified atom stereocenters. The SMILES string of the molecule is CC1(O)CCC(Nc2nc(Nc3ccc(C(=O)NC4CCNCC4)cc3)nc3ccsc23)CC1. The molecular weight excluding hydrogens is 448 g/mol. The standard InChI is InChI=1S/C25H32N6O2S/c1-25(33)11-6-18(7-12-25)27-22-21-20(10-15-34-21)30-24(31-22)29-17-4-2-16(3-5-17)23(32)28-19-8-13-26-14-9-19/h2-5,10,15,18-19,26,33H,6-9,11-14H2,1H3,(H,28,32)(H2,27,29,30,31). The number of carbonyl (C=O) groups is 1. The lowest BCUT2D eigenvalue weighted by Gasteiger charge is -2.33. The molecule has 3 aromatic rings. The Morgan fingerprint density at radius 1 is 1.06 bits per heavy atom. The second-order valence-corrected chi connectivity index (χ2v) is 10.6. The van der Waals surface area contributed by atoms with Gasteiger partial charge in [0.05, 0.1) is 15.8 Å². The molecule has 0 radical (unpaired) electrons. The van der Waals surface area contributed by atoms with Gasteiger partial charge in [-0.2, -0.15) is 4.98 Å². The fraction of sp³-hybridized carbons (Fsp3) is 0.480. The number of hydrogen-bond acceptors (Lipinski definition) is 8. The van der Waals surface area contributed by atoms with E-state index in [1.54, 1.807) is 11.3 Å². The van der Waals surface area contributed by atoms with E-state index in [9.17, 15) is 9.90 Å². The number of benzene rings is 1. The molecule has 9 heteroatoms. The lowest BCUT2D eigenvalue weighted by atomic mass is 9.84. The zero-order valence-corrected chi connectivity index (χ0v) is 20.3. The summed E-state index contributed by atoms with van der Waals surface area (Å²) >= 11 is 1.62. The third-order valence-electron chi connectivity index (χ3n) is 6.78. The number of rotatable bonds is 6. The van der Waals surface area contributed by atoms with Crippen LogP contribution in [0.15, 0.2) is 35.7 Å². The van der Waals surface area contributed by atoms with E-state index in [-0.39, 0.29) is 18.0 Å². The zero-order chi connectivity index (χ0) is 23.5. The topological polar surface area (TPSA) is 111 Å². The Morgan fingerprint density at radius 2 is 1.79 bits per heavy atom. The fourth-order valence-electron chi connectivity index (χ4n) is 4.66. The Kier molecular flexibility index (Phi) is 6.67. The summed E-state index contributed by atoms with van der Waals surface area (Å²) in [5.74, 6) is 1.31. The van der Waals surface area contributed by atoms with Gasteiger partial charge in [-0.3, -0.25) is 4.79 Å². The van der Waals surface area contributed by atoms with E-state index in [1.807, 2.05) is 42.6 Å². The van der Waals surface area contributed by atoms with E-state index in [1.165, 1.54) is 0 Å². The predicted molar refractivity (Wildman–Crippen MR) is 137 cm³/mol. The van der Waals surface area contributed by atoms with Crippen molar-refractivity contribution < 1.29 is 9.90 Å². The van der Waals surface area contributed by atoms with Crippen molar-refractivity contribution in [2.45, 2.75) is 63.1 Å². The highest BCUT2D eigenvalue weighted by Gasteiger charge is 2.29. The summed E-state index contributed by atoms with van der Waals surface area (Å²) in [6, 6.07) is 9.94. The number of aliphatic hydroxyl groups is 1. The van der Waals surface area contributed by atoms with E-state index < -0.39 is 5.60 Å². The molecule has 1 aliphatic carbocycles. The van der Waals surface area contributed by atoms with Crippen LogP contribution in [0, 0.1) is 0 Å². The van der Waals surface area contributed by atoms with Gasteiger partial charge in [-0.05, 0) is 94.3 Å². The number of amides is 1. The van der Waals surface area contributed by atoms with Gasteiger partial charge in [0.1, 0.15) is 5.82 Å². The van der Waals surface area contributed by atoms with Gasteiger partial charge in [0, 0.05) is 23.3 Å². The number of nitrogens with zero attached hydrogens (tertiary/aromatic N) is 2. The minimum atomic E-state index is -0.564. The fourth-order valence-corrected chi connectivity index (χ4v) is 5.45. The Morgan fingerprint density at radius 3 is 2.53 bits per heavy atom. The Balaban J connectivity index is 1.27. The van der Waals surface area contributed by atoms with Gasteiger partial charge >= 0.3 is 0 Å². The highest BCUT2D eigenvalue weighted by molar-refractivity contribution is 7.17. The maximum Gasteiger partial charge on any atom is 0.251 e. The zero-order valence-electron chi connectivity index (χ0n) is 19.4. The molecule has 1 amide bonds. The average molecular weight is 481 g/mol. The van der Waals surface area contributed by atoms with Crippen molar-refractivity contribution in [1.82, 2.24) is 20.6 Å². The molecule has 1 saturated heterocycles. The number of aromatic nitrogens is 2. The van der Waals surface area contributed by atoms with Crippen molar-refractivity contribution in [3.05, 3.63) is 41.3 Å². The molecule has 2 fully saturated rings. The third-order valence-corrected chi connectivity index (χ3v) is 7.70. The van der Waals surface area contributed by atoms with Gasteiger partial charge in [0.15, 0.2) is 0 Å². The smallest absolute Gasteiger partial charge is 0.251 e. The predicted octanol–water partition coefficient (Wildman–Crippen LogP) is 4.02. The lowest BCUT2D eigenvalue weighted by molar-refractivity contribution is 0.0196. The van der Waals surface area contributed by atoms with Crippen molar-refractivity contribution in [2.75, 3.05) is 23.7 Å². The third kappa shape index (κ3) is 5.48. The number of piperidine rings is 1. The van der Waals surface area contributed by atoms with E-state index in [0.717, 1.165) is 73.3 Å². The average Bonchev–Trinajstić information content (AvgIpc) is 3.31. The highest BCUT2D eigenvalue weighted by atomic mass is 32.1. The molecule has 8 nitrogen and oxygen atoms in total. The van der Waals surface area contributed by atoms with Gasteiger partial charge < -0.3 is 26.4 Å². The van der Waals surface area contributed by atoms with Crippen molar-refractivity contribution in [1.29, 1.82) is 0 Å². The first-order chi connectivity index (χ1) is 16.4. The Labute approximate surface area is 203 Å². The summed E-state index contributed by atoms with van der Waals surface area (Å²) in [7, 11) is 0. The molecule has 0 bridgehead atoms. The van der Waals surface area contributed by atoms with Crippen LogP contribution in [0.1, 0.15) is 55.8 Å². The second kappa shape index (κ2) is 9.85. The van der Waals surface area contributed by atoms with Crippen LogP contribution in [0.4, 0.5) is 17.5 Å². The molecule has 0 atom stereocenters. The van der Waals surface area contributed by atoms with Crippen LogP contribution in [0.2, 0.25) is 0 Å². The maximum atomic E-state index is 12.6. The van der Waals surface area contributed by atoms with Crippen molar-refractivity contribution in [2.24, 2.45) is 0 Å². The van der Waals surface area contributed by atoms with Gasteiger partial charge in [-0.15, -0.1) is 11.3 Å². The monoisotopic (exact) mass is 480 g/mol. The molecule has 180 valence electrons. The molecule has 2 aromatic heterocycles. The first-order valence-corrected chi connectivity index (χ1v) is 13.0. The summed E-state index contributed by atoms with van der Waals surface area (Å²) in [4.78, 5) is 22.0. The normalized spacial score (nSPS) is 23.5. The molecule has 5 rings (SSSR count). The number of nitrogens with one attached hydrogen (secondary N) is 4. The number of fused-ring (bicyclic) bond motifs is 1. The summed E-state index contributed by atoms with van der Waals surface area (Å²) in [6.07, 6.45) is 5.31. The molecule has 5 N–H and O–H groups in total. The number of hydrogen-bond donors (Lipinski definition) is 5. The van der Waals surface area contributed by atoms with Gasteiger partial charge in [-0.25, -0.2) is 4.98 Å². The first kappa shape index (κ1) is 23.0. The van der Waals surface area contributed by atoms with Crippen LogP contribution in [0.5, 0.6) is 0 Å². The summed E-state index contributed by atoms with van der Waals surface area (Å²) in [6.45, 7) is 3.80. The summed E-state index contributed by atoms with van der Waals surface area (Å²) in [5.41, 5.74) is 1.80. The van der Waals surface area contributed by atoms with E-state index in [2.05, 4.69) is 26.3 Å². The van der Waals surface area contributed by atoms with Crippen LogP contribution in [0.25, 0.3) is 10.2 Å². The van der Waals surface area contributed by atoms with Crippen molar-refractivity contribution >= 4 is 44.9 Å². The van der Waals surface area contributed by atoms with Crippen LogP contribution in [-0.4, -0.2) is 51.8 Å². The number of anilines is 3. The number of thiophene rings is 1. The van der Waals surface area contributed by atoms with Crippen molar-refractivity contribution in [3.63, 3.8) is 0 Å². The van der Waals surface area contributed by atoms with E-state index >= 15 is 0 Å². The minimum absolute atomic E-state index is 0.0349. The quantitative estimate of drug-likeness (QED) is 0.362. The van der Waals surface area contributed by atoms with E-state index in [4.69, 9.17) is 4.98 Å². The van der Waals surface area contributed by atoms with Gasteiger partial charge in [0.25, 0.3) is 5.91 Å². The Bertz CT molecular complexity index is 1130. The second-order valence-electron chi connectivity index (χ2n) is 9.65. The molecule has 34 heavy (non-hydrogen) atoms. The first-order valence-electron chi connectivity index (χ1n) is 12.1. The van der Waals surface area contributed by atoms with E-state index in [0.29, 0.717) is 11.5 Å². The van der Waals surface area contributed by atoms with Gasteiger partial charge in [0.2, 0.25) is 5.95 Å². The molecular formula is C25H32N6O2S. The van der Waals surface area contributed by atoms with Crippen molar-refractivity contribution in [3.8, 4) is 0 Å². The van der Waals surface area contributed by atoms with Gasteiger partial charge in [-0.1, -0.05) is 0 Å². The Hall–Kier alpha value is -2.75. The minimum Gasteiger partial charge on any atom is -0.390 e.